The highest BCUT2D eigenvalue weighted by Crippen LogP contribution is 2.18. The van der Waals surface area contributed by atoms with Gasteiger partial charge in [0, 0.05) is 6.42 Å². The van der Waals surface area contributed by atoms with Crippen molar-refractivity contribution in [1.82, 2.24) is 5.32 Å². The topological polar surface area (TPSA) is 95.9 Å². The van der Waals surface area contributed by atoms with Gasteiger partial charge < -0.3 is 20.3 Å². The largest absolute Gasteiger partial charge is 0.462 e. The van der Waals surface area contributed by atoms with Crippen molar-refractivity contribution >= 4 is 11.9 Å². The number of allylic oxidation sites excluding steroid dienone is 4. The summed E-state index contributed by atoms with van der Waals surface area (Å²) in [6, 6.07) is -0.710. The standard InChI is InChI=1S/C54H103NO5/c1-4-7-10-13-16-19-21-23-25-26-27-28-30-32-35-38-41-44-47-54(59)60-50(45-42-39-36-34-31-29-24-22-20-17-14-11-8-5-2)48-53(58)55-51(49-56)52(57)46-43-40-37-33-18-15-12-9-6-3/h29,31,34,36,50-52,56-57H,4-28,30,32-33,35,37-49H2,1-3H3,(H,55,58)/b31-29+,36-34+. The molecule has 0 heterocycles. The molecule has 0 radical (unpaired) electrons. The van der Waals surface area contributed by atoms with Crippen molar-refractivity contribution < 1.29 is 24.5 Å². The lowest BCUT2D eigenvalue weighted by Gasteiger charge is -2.24. The fourth-order valence-electron chi connectivity index (χ4n) is 8.25. The number of esters is 1. The van der Waals surface area contributed by atoms with Crippen molar-refractivity contribution in [3.8, 4) is 0 Å². The summed E-state index contributed by atoms with van der Waals surface area (Å²) in [4.78, 5) is 26.1. The molecule has 0 bridgehead atoms. The Morgan fingerprint density at radius 2 is 0.850 bits per heavy atom. The third-order valence-corrected chi connectivity index (χ3v) is 12.3. The zero-order valence-corrected chi connectivity index (χ0v) is 40.4. The van der Waals surface area contributed by atoms with Gasteiger partial charge in [0.25, 0.3) is 0 Å². The second-order valence-electron chi connectivity index (χ2n) is 18.3. The number of unbranched alkanes of at least 4 members (excludes halogenated alkanes) is 33. The summed E-state index contributed by atoms with van der Waals surface area (Å²) in [5.74, 6) is -0.507. The first-order valence-corrected chi connectivity index (χ1v) is 26.6. The van der Waals surface area contributed by atoms with Crippen LogP contribution in [-0.4, -0.2) is 46.9 Å². The van der Waals surface area contributed by atoms with E-state index in [2.05, 4.69) is 50.4 Å². The third-order valence-electron chi connectivity index (χ3n) is 12.3. The molecule has 0 spiro atoms. The van der Waals surface area contributed by atoms with Crippen LogP contribution >= 0.6 is 0 Å². The van der Waals surface area contributed by atoms with Gasteiger partial charge in [0.1, 0.15) is 6.10 Å². The fraction of sp³-hybridized carbons (Fsp3) is 0.889. The minimum Gasteiger partial charge on any atom is -0.462 e. The summed E-state index contributed by atoms with van der Waals surface area (Å²) in [6.45, 7) is 6.47. The first-order valence-electron chi connectivity index (χ1n) is 26.6. The minimum atomic E-state index is -0.793. The lowest BCUT2D eigenvalue weighted by molar-refractivity contribution is -0.151. The Morgan fingerprint density at radius 1 is 0.483 bits per heavy atom. The van der Waals surface area contributed by atoms with E-state index in [4.69, 9.17) is 4.74 Å². The highest BCUT2D eigenvalue weighted by molar-refractivity contribution is 5.77. The minimum absolute atomic E-state index is 0.0498. The predicted molar refractivity (Wildman–Crippen MR) is 260 cm³/mol. The van der Waals surface area contributed by atoms with E-state index in [1.165, 1.54) is 180 Å². The van der Waals surface area contributed by atoms with Crippen LogP contribution < -0.4 is 5.32 Å². The van der Waals surface area contributed by atoms with Crippen LogP contribution in [0.15, 0.2) is 24.3 Å². The maximum atomic E-state index is 13.2. The molecule has 6 heteroatoms. The van der Waals surface area contributed by atoms with Crippen molar-refractivity contribution in [2.45, 2.75) is 302 Å². The van der Waals surface area contributed by atoms with Crippen LogP contribution in [0.5, 0.6) is 0 Å². The molecule has 0 fully saturated rings. The average molecular weight is 846 g/mol. The SMILES string of the molecule is CCCCCCCCC/C=C/C=C/CCCC(CC(=O)NC(CO)C(O)CCCCCCCCCCC)OC(=O)CCCCCCCCCCCCCCCCCCCC. The van der Waals surface area contributed by atoms with Crippen LogP contribution in [0.2, 0.25) is 0 Å². The van der Waals surface area contributed by atoms with Crippen LogP contribution in [-0.2, 0) is 14.3 Å². The van der Waals surface area contributed by atoms with Crippen molar-refractivity contribution in [2.75, 3.05) is 6.61 Å². The van der Waals surface area contributed by atoms with E-state index in [9.17, 15) is 19.8 Å². The Bertz CT molecular complexity index is 950. The number of carbonyl (C=O) groups is 2. The first kappa shape index (κ1) is 58.3. The summed E-state index contributed by atoms with van der Waals surface area (Å²) in [6.07, 6.45) is 55.4. The fourth-order valence-corrected chi connectivity index (χ4v) is 8.25. The molecule has 1 amide bonds. The third kappa shape index (κ3) is 43.0. The molecule has 3 N–H and O–H groups in total. The lowest BCUT2D eigenvalue weighted by atomic mass is 10.0. The van der Waals surface area contributed by atoms with Gasteiger partial charge in [-0.15, -0.1) is 0 Å². The lowest BCUT2D eigenvalue weighted by Crippen LogP contribution is -2.46. The number of ether oxygens (including phenoxy) is 1. The summed E-state index contributed by atoms with van der Waals surface area (Å²) >= 11 is 0. The van der Waals surface area contributed by atoms with Crippen LogP contribution in [0.25, 0.3) is 0 Å². The summed E-state index contributed by atoms with van der Waals surface area (Å²) < 4.78 is 5.91. The normalized spacial score (nSPS) is 13.3. The van der Waals surface area contributed by atoms with Gasteiger partial charge in [-0.1, -0.05) is 251 Å². The number of nitrogens with one attached hydrogen (secondary N) is 1. The molecule has 0 aliphatic heterocycles. The second-order valence-corrected chi connectivity index (χ2v) is 18.3. The summed E-state index contributed by atoms with van der Waals surface area (Å²) in [7, 11) is 0. The molecule has 6 nitrogen and oxygen atoms in total. The summed E-state index contributed by atoms with van der Waals surface area (Å²) in [5.41, 5.74) is 0. The van der Waals surface area contributed by atoms with Gasteiger partial charge in [-0.2, -0.15) is 0 Å². The molecule has 354 valence electrons. The van der Waals surface area contributed by atoms with E-state index < -0.39 is 18.2 Å². The number of aliphatic hydroxyl groups is 2. The van der Waals surface area contributed by atoms with Crippen LogP contribution in [0.3, 0.4) is 0 Å². The average Bonchev–Trinajstić information content (AvgIpc) is 3.24. The quantitative estimate of drug-likeness (QED) is 0.0322. The van der Waals surface area contributed by atoms with E-state index in [0.29, 0.717) is 19.3 Å². The van der Waals surface area contributed by atoms with Gasteiger partial charge in [-0.25, -0.2) is 0 Å². The number of hydrogen-bond acceptors (Lipinski definition) is 5. The number of amides is 1. The molecule has 3 unspecified atom stereocenters. The first-order chi connectivity index (χ1) is 29.5. The van der Waals surface area contributed by atoms with E-state index in [1.54, 1.807) is 0 Å². The molecular formula is C54H103NO5. The van der Waals surface area contributed by atoms with Crippen molar-refractivity contribution in [2.24, 2.45) is 0 Å². The van der Waals surface area contributed by atoms with Crippen LogP contribution in [0.4, 0.5) is 0 Å². The maximum Gasteiger partial charge on any atom is 0.306 e. The highest BCUT2D eigenvalue weighted by atomic mass is 16.5. The molecule has 0 aromatic rings. The van der Waals surface area contributed by atoms with Crippen LogP contribution in [0, 0.1) is 0 Å². The number of carbonyl (C=O) groups excluding carboxylic acids is 2. The Kier molecular flexibility index (Phi) is 47.0. The monoisotopic (exact) mass is 846 g/mol. The van der Waals surface area contributed by atoms with E-state index in [1.807, 2.05) is 0 Å². The number of rotatable bonds is 48. The van der Waals surface area contributed by atoms with Crippen molar-refractivity contribution in [3.63, 3.8) is 0 Å². The molecule has 0 saturated heterocycles. The smallest absolute Gasteiger partial charge is 0.306 e. The number of hydrogen-bond donors (Lipinski definition) is 3. The van der Waals surface area contributed by atoms with Crippen molar-refractivity contribution in [3.05, 3.63) is 24.3 Å². The van der Waals surface area contributed by atoms with E-state index in [0.717, 1.165) is 57.8 Å². The van der Waals surface area contributed by atoms with E-state index in [-0.39, 0.29) is 24.9 Å². The zero-order valence-electron chi connectivity index (χ0n) is 40.4. The maximum absolute atomic E-state index is 13.2. The Morgan fingerprint density at radius 3 is 1.27 bits per heavy atom. The second kappa shape index (κ2) is 48.4. The molecular weight excluding hydrogens is 743 g/mol. The molecule has 0 saturated carbocycles. The number of aliphatic hydroxyl groups excluding tert-OH is 2. The summed E-state index contributed by atoms with van der Waals surface area (Å²) in [5, 5.41) is 23.7. The zero-order chi connectivity index (χ0) is 43.8. The molecule has 3 atom stereocenters. The van der Waals surface area contributed by atoms with E-state index >= 15 is 0 Å². The highest BCUT2D eigenvalue weighted by Gasteiger charge is 2.24. The molecule has 0 rings (SSSR count). The van der Waals surface area contributed by atoms with Gasteiger partial charge in [0.2, 0.25) is 5.91 Å². The van der Waals surface area contributed by atoms with Crippen LogP contribution in [0.1, 0.15) is 284 Å². The molecule has 0 aliphatic carbocycles. The Balaban J connectivity index is 4.54. The Hall–Kier alpha value is -1.66. The molecule has 0 aromatic carbocycles. The van der Waals surface area contributed by atoms with Gasteiger partial charge >= 0.3 is 5.97 Å². The van der Waals surface area contributed by atoms with Gasteiger partial charge in [-0.05, 0) is 44.9 Å². The molecule has 60 heavy (non-hydrogen) atoms. The van der Waals surface area contributed by atoms with Crippen molar-refractivity contribution in [1.29, 1.82) is 0 Å². The van der Waals surface area contributed by atoms with Gasteiger partial charge in [0.15, 0.2) is 0 Å². The van der Waals surface area contributed by atoms with Gasteiger partial charge in [-0.3, -0.25) is 9.59 Å². The molecule has 0 aliphatic rings. The molecule has 0 aromatic heterocycles. The Labute approximate surface area is 373 Å². The van der Waals surface area contributed by atoms with Gasteiger partial charge in [0.05, 0.1) is 25.2 Å². The predicted octanol–water partition coefficient (Wildman–Crippen LogP) is 15.9.